The van der Waals surface area contributed by atoms with E-state index < -0.39 is 0 Å². The summed E-state index contributed by atoms with van der Waals surface area (Å²) in [6.45, 7) is 4.40. The summed E-state index contributed by atoms with van der Waals surface area (Å²) >= 11 is 0. The Balaban J connectivity index is 0.00000144. The summed E-state index contributed by atoms with van der Waals surface area (Å²) in [4.78, 5) is 0. The van der Waals surface area contributed by atoms with Gasteiger partial charge in [0.15, 0.2) is 0 Å². The van der Waals surface area contributed by atoms with E-state index in [9.17, 15) is 0 Å². The highest BCUT2D eigenvalue weighted by atomic mass is 79.9. The van der Waals surface area contributed by atoms with Crippen LogP contribution in [0.25, 0.3) is 0 Å². The highest BCUT2D eigenvalue weighted by Gasteiger charge is 2.24. The minimum Gasteiger partial charge on any atom is -0.398 e. The van der Waals surface area contributed by atoms with E-state index in [1.54, 1.807) is 0 Å². The molecule has 2 heteroatoms. The molecule has 17 heavy (non-hydrogen) atoms. The lowest BCUT2D eigenvalue weighted by molar-refractivity contribution is 0.643. The molecule has 90 valence electrons. The van der Waals surface area contributed by atoms with Crippen molar-refractivity contribution >= 4 is 22.7 Å². The van der Waals surface area contributed by atoms with Crippen LogP contribution in [-0.4, -0.2) is 0 Å². The normalized spacial score (nSPS) is 10.7. The van der Waals surface area contributed by atoms with Gasteiger partial charge in [-0.3, -0.25) is 0 Å². The van der Waals surface area contributed by atoms with Crippen molar-refractivity contribution in [3.05, 3.63) is 65.7 Å². The molecule has 2 aromatic rings. The standard InChI is InChI=1S/C15H17N.BrH/c1-15(2,12-8-4-3-5-9-12)13-10-6-7-11-14(13)16;/h3-11H,16H2,1-2H3;1H. The minimum atomic E-state index is -0.0490. The molecule has 0 bridgehead atoms. The van der Waals surface area contributed by atoms with E-state index in [-0.39, 0.29) is 22.4 Å². The average molecular weight is 292 g/mol. The molecular weight excluding hydrogens is 274 g/mol. The van der Waals surface area contributed by atoms with Gasteiger partial charge in [-0.1, -0.05) is 62.4 Å². The molecule has 2 N–H and O–H groups in total. The van der Waals surface area contributed by atoms with Crippen molar-refractivity contribution in [3.63, 3.8) is 0 Å². The summed E-state index contributed by atoms with van der Waals surface area (Å²) in [5, 5.41) is 0. The van der Waals surface area contributed by atoms with E-state index >= 15 is 0 Å². The van der Waals surface area contributed by atoms with Gasteiger partial charge >= 0.3 is 0 Å². The highest BCUT2D eigenvalue weighted by molar-refractivity contribution is 8.93. The molecule has 2 aromatic carbocycles. The summed E-state index contributed by atoms with van der Waals surface area (Å²) in [7, 11) is 0. The highest BCUT2D eigenvalue weighted by Crippen LogP contribution is 2.34. The van der Waals surface area contributed by atoms with E-state index in [4.69, 9.17) is 5.73 Å². The van der Waals surface area contributed by atoms with E-state index in [0.29, 0.717) is 0 Å². The molecule has 0 aliphatic rings. The first-order valence-electron chi connectivity index (χ1n) is 5.53. The predicted octanol–water partition coefficient (Wildman–Crippen LogP) is 4.17. The van der Waals surface area contributed by atoms with E-state index in [0.717, 1.165) is 5.69 Å². The lowest BCUT2D eigenvalue weighted by Crippen LogP contribution is -2.20. The van der Waals surface area contributed by atoms with Crippen molar-refractivity contribution in [1.82, 2.24) is 0 Å². The van der Waals surface area contributed by atoms with Crippen molar-refractivity contribution in [2.75, 3.05) is 5.73 Å². The molecule has 0 saturated heterocycles. The van der Waals surface area contributed by atoms with Gasteiger partial charge in [-0.25, -0.2) is 0 Å². The Morgan fingerprint density at radius 1 is 0.824 bits per heavy atom. The topological polar surface area (TPSA) is 26.0 Å². The molecule has 0 aliphatic heterocycles. The summed E-state index contributed by atoms with van der Waals surface area (Å²) in [6, 6.07) is 18.5. The van der Waals surface area contributed by atoms with Gasteiger partial charge in [0.25, 0.3) is 0 Å². The molecule has 0 fully saturated rings. The van der Waals surface area contributed by atoms with Crippen LogP contribution in [-0.2, 0) is 5.41 Å². The minimum absolute atomic E-state index is 0. The molecule has 1 nitrogen and oxygen atoms in total. The zero-order valence-electron chi connectivity index (χ0n) is 10.2. The number of hydrogen-bond donors (Lipinski definition) is 1. The van der Waals surface area contributed by atoms with Crippen molar-refractivity contribution < 1.29 is 0 Å². The van der Waals surface area contributed by atoms with Crippen molar-refractivity contribution in [2.24, 2.45) is 0 Å². The van der Waals surface area contributed by atoms with Crippen LogP contribution in [0.3, 0.4) is 0 Å². The third-order valence-electron chi connectivity index (χ3n) is 3.13. The Morgan fingerprint density at radius 2 is 1.35 bits per heavy atom. The van der Waals surface area contributed by atoms with E-state index in [1.165, 1.54) is 11.1 Å². The summed E-state index contributed by atoms with van der Waals surface area (Å²) in [5.74, 6) is 0. The molecule has 0 unspecified atom stereocenters. The number of hydrogen-bond acceptors (Lipinski definition) is 1. The number of halogens is 1. The number of anilines is 1. The maximum absolute atomic E-state index is 6.04. The molecule has 0 aliphatic carbocycles. The Labute approximate surface area is 113 Å². The molecule has 0 heterocycles. The predicted molar refractivity (Wildman–Crippen MR) is 79.7 cm³/mol. The second-order valence-electron chi connectivity index (χ2n) is 4.58. The first-order valence-corrected chi connectivity index (χ1v) is 5.53. The van der Waals surface area contributed by atoms with Crippen LogP contribution >= 0.6 is 17.0 Å². The number of para-hydroxylation sites is 1. The Bertz CT molecular complexity index is 477. The van der Waals surface area contributed by atoms with Gasteiger partial charge in [0.05, 0.1) is 0 Å². The summed E-state index contributed by atoms with van der Waals surface area (Å²) < 4.78 is 0. The Kier molecular flexibility index (Phi) is 4.35. The van der Waals surface area contributed by atoms with Crippen molar-refractivity contribution in [3.8, 4) is 0 Å². The monoisotopic (exact) mass is 291 g/mol. The average Bonchev–Trinajstić information content (AvgIpc) is 2.30. The fourth-order valence-electron chi connectivity index (χ4n) is 2.08. The number of nitrogen functional groups attached to an aromatic ring is 1. The van der Waals surface area contributed by atoms with Gasteiger partial charge in [-0.15, -0.1) is 17.0 Å². The quantitative estimate of drug-likeness (QED) is 0.826. The molecule has 0 saturated carbocycles. The van der Waals surface area contributed by atoms with Crippen molar-refractivity contribution in [1.29, 1.82) is 0 Å². The Hall–Kier alpha value is -1.28. The first-order chi connectivity index (χ1) is 7.62. The zero-order valence-corrected chi connectivity index (χ0v) is 11.9. The second kappa shape index (κ2) is 5.37. The summed E-state index contributed by atoms with van der Waals surface area (Å²) in [5.41, 5.74) is 9.32. The molecule has 2 rings (SSSR count). The van der Waals surface area contributed by atoms with E-state index in [2.05, 4.69) is 44.2 Å². The van der Waals surface area contributed by atoms with Crippen LogP contribution in [0.15, 0.2) is 54.6 Å². The lowest BCUT2D eigenvalue weighted by Gasteiger charge is -2.27. The summed E-state index contributed by atoms with van der Waals surface area (Å²) in [6.07, 6.45) is 0. The molecule has 0 atom stereocenters. The maximum atomic E-state index is 6.04. The van der Waals surface area contributed by atoms with Gasteiger partial charge in [0.2, 0.25) is 0 Å². The Morgan fingerprint density at radius 3 is 1.94 bits per heavy atom. The molecular formula is C15H18BrN. The second-order valence-corrected chi connectivity index (χ2v) is 4.58. The van der Waals surface area contributed by atoms with Crippen LogP contribution in [0.1, 0.15) is 25.0 Å². The zero-order chi connectivity index (χ0) is 11.6. The fourth-order valence-corrected chi connectivity index (χ4v) is 2.08. The fraction of sp³-hybridized carbons (Fsp3) is 0.200. The molecule has 0 aromatic heterocycles. The SMILES string of the molecule is Br.CC(C)(c1ccccc1)c1ccccc1N. The number of nitrogens with two attached hydrogens (primary N) is 1. The maximum Gasteiger partial charge on any atom is 0.0355 e. The molecule has 0 amide bonds. The third kappa shape index (κ3) is 2.70. The first kappa shape index (κ1) is 13.8. The number of benzene rings is 2. The van der Waals surface area contributed by atoms with Crippen LogP contribution in [0.5, 0.6) is 0 Å². The molecule has 0 radical (unpaired) electrons. The van der Waals surface area contributed by atoms with E-state index in [1.807, 2.05) is 24.3 Å². The lowest BCUT2D eigenvalue weighted by atomic mass is 9.77. The van der Waals surface area contributed by atoms with Gasteiger partial charge < -0.3 is 5.73 Å². The largest absolute Gasteiger partial charge is 0.398 e. The smallest absolute Gasteiger partial charge is 0.0355 e. The molecule has 0 spiro atoms. The third-order valence-corrected chi connectivity index (χ3v) is 3.13. The van der Waals surface area contributed by atoms with Gasteiger partial charge in [-0.2, -0.15) is 0 Å². The van der Waals surface area contributed by atoms with Crippen LogP contribution in [0.4, 0.5) is 5.69 Å². The van der Waals surface area contributed by atoms with Crippen LogP contribution < -0.4 is 5.73 Å². The van der Waals surface area contributed by atoms with Gasteiger partial charge in [-0.05, 0) is 17.2 Å². The number of rotatable bonds is 2. The van der Waals surface area contributed by atoms with Crippen LogP contribution in [0.2, 0.25) is 0 Å². The van der Waals surface area contributed by atoms with Gasteiger partial charge in [0.1, 0.15) is 0 Å². The van der Waals surface area contributed by atoms with Crippen LogP contribution in [0, 0.1) is 0 Å². The van der Waals surface area contributed by atoms with Gasteiger partial charge in [0, 0.05) is 11.1 Å². The van der Waals surface area contributed by atoms with Crippen molar-refractivity contribution in [2.45, 2.75) is 19.3 Å².